The molecule has 1 unspecified atom stereocenters. The van der Waals surface area contributed by atoms with Gasteiger partial charge in [0.2, 0.25) is 0 Å². The third kappa shape index (κ3) is 7.82. The number of rotatable bonds is 6. The van der Waals surface area contributed by atoms with Gasteiger partial charge in [-0.3, -0.25) is 0 Å². The maximum Gasteiger partial charge on any atom is 0.0636 e. The standard InChI is InChI=1S/C9H21NO/c1-4-5-6-8(2)10-7-9(3)11/h8-11H,4-7H2,1-3H3/t8?,9-/m0/s1. The van der Waals surface area contributed by atoms with Crippen molar-refractivity contribution >= 4 is 0 Å². The fraction of sp³-hybridized carbons (Fsp3) is 1.00. The Morgan fingerprint density at radius 1 is 1.36 bits per heavy atom. The van der Waals surface area contributed by atoms with Crippen LogP contribution < -0.4 is 5.32 Å². The molecule has 0 heterocycles. The van der Waals surface area contributed by atoms with Crippen LogP contribution in [-0.2, 0) is 0 Å². The number of hydrogen-bond acceptors (Lipinski definition) is 2. The van der Waals surface area contributed by atoms with Gasteiger partial charge in [-0.05, 0) is 20.3 Å². The largest absolute Gasteiger partial charge is 0.392 e. The van der Waals surface area contributed by atoms with Crippen LogP contribution in [0.1, 0.15) is 40.0 Å². The van der Waals surface area contributed by atoms with Gasteiger partial charge in [-0.25, -0.2) is 0 Å². The molecule has 0 aliphatic rings. The lowest BCUT2D eigenvalue weighted by atomic mass is 10.1. The van der Waals surface area contributed by atoms with E-state index in [-0.39, 0.29) is 6.10 Å². The molecule has 0 bridgehead atoms. The minimum absolute atomic E-state index is 0.223. The molecule has 0 spiro atoms. The van der Waals surface area contributed by atoms with Gasteiger partial charge in [0.05, 0.1) is 6.10 Å². The Morgan fingerprint density at radius 3 is 2.45 bits per heavy atom. The molecule has 0 saturated heterocycles. The van der Waals surface area contributed by atoms with Crippen molar-refractivity contribution in [2.24, 2.45) is 0 Å². The van der Waals surface area contributed by atoms with E-state index in [1.54, 1.807) is 6.92 Å². The number of nitrogens with one attached hydrogen (secondary N) is 1. The summed E-state index contributed by atoms with van der Waals surface area (Å²) in [5.41, 5.74) is 0. The van der Waals surface area contributed by atoms with E-state index in [4.69, 9.17) is 5.11 Å². The molecular weight excluding hydrogens is 138 g/mol. The molecule has 0 amide bonds. The average Bonchev–Trinajstić information content (AvgIpc) is 1.97. The first-order chi connectivity index (χ1) is 5.16. The van der Waals surface area contributed by atoms with Crippen LogP contribution in [0.25, 0.3) is 0 Å². The predicted molar refractivity (Wildman–Crippen MR) is 48.7 cm³/mol. The van der Waals surface area contributed by atoms with Gasteiger partial charge in [0.1, 0.15) is 0 Å². The zero-order valence-electron chi connectivity index (χ0n) is 7.93. The van der Waals surface area contributed by atoms with E-state index in [0.29, 0.717) is 12.6 Å². The molecule has 2 atom stereocenters. The molecule has 0 fully saturated rings. The van der Waals surface area contributed by atoms with Crippen molar-refractivity contribution in [3.05, 3.63) is 0 Å². The second kappa shape index (κ2) is 6.62. The van der Waals surface area contributed by atoms with Crippen molar-refractivity contribution in [1.82, 2.24) is 5.32 Å². The Kier molecular flexibility index (Phi) is 6.57. The normalized spacial score (nSPS) is 16.4. The van der Waals surface area contributed by atoms with E-state index in [1.807, 2.05) is 0 Å². The van der Waals surface area contributed by atoms with Crippen LogP contribution in [0, 0.1) is 0 Å². The molecule has 0 aromatic heterocycles. The molecule has 11 heavy (non-hydrogen) atoms. The second-order valence-electron chi connectivity index (χ2n) is 3.30. The zero-order valence-corrected chi connectivity index (χ0v) is 7.93. The highest BCUT2D eigenvalue weighted by atomic mass is 16.3. The molecule has 0 aliphatic heterocycles. The molecule has 0 rings (SSSR count). The number of hydrogen-bond donors (Lipinski definition) is 2. The smallest absolute Gasteiger partial charge is 0.0636 e. The molecule has 0 saturated carbocycles. The molecule has 2 N–H and O–H groups in total. The van der Waals surface area contributed by atoms with Crippen LogP contribution in [-0.4, -0.2) is 23.8 Å². The third-order valence-corrected chi connectivity index (χ3v) is 1.75. The van der Waals surface area contributed by atoms with E-state index >= 15 is 0 Å². The first-order valence-corrected chi connectivity index (χ1v) is 4.58. The first-order valence-electron chi connectivity index (χ1n) is 4.58. The lowest BCUT2D eigenvalue weighted by Crippen LogP contribution is -2.32. The summed E-state index contributed by atoms with van der Waals surface area (Å²) >= 11 is 0. The summed E-state index contributed by atoms with van der Waals surface area (Å²) < 4.78 is 0. The molecular formula is C9H21NO. The molecule has 68 valence electrons. The Balaban J connectivity index is 3.15. The molecule has 0 aliphatic carbocycles. The lowest BCUT2D eigenvalue weighted by molar-refractivity contribution is 0.186. The van der Waals surface area contributed by atoms with Gasteiger partial charge in [-0.1, -0.05) is 19.8 Å². The van der Waals surface area contributed by atoms with Crippen LogP contribution in [0.15, 0.2) is 0 Å². The Morgan fingerprint density at radius 2 is 2.00 bits per heavy atom. The fourth-order valence-corrected chi connectivity index (χ4v) is 0.984. The maximum atomic E-state index is 8.96. The maximum absolute atomic E-state index is 8.96. The van der Waals surface area contributed by atoms with Crippen molar-refractivity contribution < 1.29 is 5.11 Å². The van der Waals surface area contributed by atoms with Gasteiger partial charge in [0, 0.05) is 12.6 Å². The Hall–Kier alpha value is -0.0800. The van der Waals surface area contributed by atoms with Crippen LogP contribution in [0.3, 0.4) is 0 Å². The molecule has 2 heteroatoms. The summed E-state index contributed by atoms with van der Waals surface area (Å²) in [5.74, 6) is 0. The first kappa shape index (κ1) is 10.9. The SMILES string of the molecule is CCCCC(C)NC[C@H](C)O. The highest BCUT2D eigenvalue weighted by Gasteiger charge is 2.01. The number of aliphatic hydroxyl groups is 1. The Labute approximate surface area is 70.0 Å². The van der Waals surface area contributed by atoms with Crippen LogP contribution in [0.2, 0.25) is 0 Å². The van der Waals surface area contributed by atoms with Crippen molar-refractivity contribution in [2.75, 3.05) is 6.54 Å². The van der Waals surface area contributed by atoms with Crippen LogP contribution in [0.4, 0.5) is 0 Å². The molecule has 0 radical (unpaired) electrons. The number of unbranched alkanes of at least 4 members (excludes halogenated alkanes) is 1. The number of aliphatic hydroxyl groups excluding tert-OH is 1. The molecule has 2 nitrogen and oxygen atoms in total. The summed E-state index contributed by atoms with van der Waals surface area (Å²) in [4.78, 5) is 0. The minimum Gasteiger partial charge on any atom is -0.392 e. The van der Waals surface area contributed by atoms with Crippen molar-refractivity contribution in [1.29, 1.82) is 0 Å². The quantitative estimate of drug-likeness (QED) is 0.616. The summed E-state index contributed by atoms with van der Waals surface area (Å²) in [6, 6.07) is 0.546. The van der Waals surface area contributed by atoms with E-state index in [0.717, 1.165) is 0 Å². The van der Waals surface area contributed by atoms with Crippen molar-refractivity contribution in [3.63, 3.8) is 0 Å². The van der Waals surface area contributed by atoms with E-state index < -0.39 is 0 Å². The molecule has 0 aromatic rings. The Bertz CT molecular complexity index is 83.6. The highest BCUT2D eigenvalue weighted by Crippen LogP contribution is 1.98. The van der Waals surface area contributed by atoms with Gasteiger partial charge in [0.15, 0.2) is 0 Å². The second-order valence-corrected chi connectivity index (χ2v) is 3.30. The van der Waals surface area contributed by atoms with E-state index in [9.17, 15) is 0 Å². The highest BCUT2D eigenvalue weighted by molar-refractivity contribution is 4.61. The summed E-state index contributed by atoms with van der Waals surface area (Å²) in [7, 11) is 0. The third-order valence-electron chi connectivity index (χ3n) is 1.75. The van der Waals surface area contributed by atoms with Crippen LogP contribution >= 0.6 is 0 Å². The monoisotopic (exact) mass is 159 g/mol. The zero-order chi connectivity index (χ0) is 8.69. The lowest BCUT2D eigenvalue weighted by Gasteiger charge is -2.14. The van der Waals surface area contributed by atoms with E-state index in [2.05, 4.69) is 19.2 Å². The topological polar surface area (TPSA) is 32.3 Å². The van der Waals surface area contributed by atoms with Crippen LogP contribution in [0.5, 0.6) is 0 Å². The predicted octanol–water partition coefficient (Wildman–Crippen LogP) is 1.54. The minimum atomic E-state index is -0.223. The van der Waals surface area contributed by atoms with E-state index in [1.165, 1.54) is 19.3 Å². The summed E-state index contributed by atoms with van der Waals surface area (Å²) in [6.45, 7) is 6.88. The summed E-state index contributed by atoms with van der Waals surface area (Å²) in [5, 5.41) is 12.2. The van der Waals surface area contributed by atoms with Crippen molar-refractivity contribution in [2.45, 2.75) is 52.2 Å². The van der Waals surface area contributed by atoms with Crippen molar-refractivity contribution in [3.8, 4) is 0 Å². The van der Waals surface area contributed by atoms with Gasteiger partial charge >= 0.3 is 0 Å². The van der Waals surface area contributed by atoms with Gasteiger partial charge in [-0.15, -0.1) is 0 Å². The van der Waals surface area contributed by atoms with Gasteiger partial charge in [0.25, 0.3) is 0 Å². The summed E-state index contributed by atoms with van der Waals surface area (Å²) in [6.07, 6.45) is 3.51. The van der Waals surface area contributed by atoms with Gasteiger partial charge in [-0.2, -0.15) is 0 Å². The fourth-order valence-electron chi connectivity index (χ4n) is 0.984. The molecule has 0 aromatic carbocycles. The average molecular weight is 159 g/mol. The van der Waals surface area contributed by atoms with Gasteiger partial charge < -0.3 is 10.4 Å².